The second kappa shape index (κ2) is 8.33. The number of rotatable bonds is 6. The lowest BCUT2D eigenvalue weighted by Crippen LogP contribution is -2.31. The molecular weight excluding hydrogens is 358 g/mol. The van der Waals surface area contributed by atoms with Crippen LogP contribution in [0.5, 0.6) is 0 Å². The molecule has 4 rings (SSSR count). The van der Waals surface area contributed by atoms with Gasteiger partial charge in [-0.3, -0.25) is 10.2 Å². The highest BCUT2D eigenvalue weighted by atomic mass is 16.2. The third-order valence-corrected chi connectivity index (χ3v) is 5.53. The van der Waals surface area contributed by atoms with Crippen LogP contribution in [0, 0.1) is 6.92 Å². The number of carbonyl (C=O) groups excluding carboxylic acids is 1. The van der Waals surface area contributed by atoms with Crippen LogP contribution in [0.1, 0.15) is 16.8 Å². The quantitative estimate of drug-likeness (QED) is 0.295. The number of hydrogen-bond acceptors (Lipinski definition) is 2. The number of hydrogen-bond donors (Lipinski definition) is 2. The SMILES string of the molecule is Cc1c(CC(=O)NN)c2ccc(-c3ccccc3)cc2n1CCc1ccccc1. The predicted molar refractivity (Wildman–Crippen MR) is 118 cm³/mol. The number of benzene rings is 3. The zero-order chi connectivity index (χ0) is 20.2. The second-order valence-corrected chi connectivity index (χ2v) is 7.29. The van der Waals surface area contributed by atoms with Crippen LogP contribution >= 0.6 is 0 Å². The fraction of sp³-hybridized carbons (Fsp3) is 0.160. The van der Waals surface area contributed by atoms with Crippen molar-refractivity contribution in [2.75, 3.05) is 0 Å². The van der Waals surface area contributed by atoms with Crippen LogP contribution < -0.4 is 11.3 Å². The molecule has 0 aliphatic heterocycles. The highest BCUT2D eigenvalue weighted by molar-refractivity contribution is 5.93. The Morgan fingerprint density at radius 3 is 2.31 bits per heavy atom. The number of fused-ring (bicyclic) bond motifs is 1. The first-order chi connectivity index (χ1) is 14.2. The summed E-state index contributed by atoms with van der Waals surface area (Å²) in [5, 5.41) is 1.11. The van der Waals surface area contributed by atoms with E-state index in [1.165, 1.54) is 16.7 Å². The van der Waals surface area contributed by atoms with Crippen molar-refractivity contribution in [3.05, 3.63) is 95.7 Å². The summed E-state index contributed by atoms with van der Waals surface area (Å²) < 4.78 is 2.33. The van der Waals surface area contributed by atoms with Crippen molar-refractivity contribution in [3.8, 4) is 11.1 Å². The van der Waals surface area contributed by atoms with Crippen LogP contribution in [0.2, 0.25) is 0 Å². The van der Waals surface area contributed by atoms with Crippen molar-refractivity contribution < 1.29 is 4.79 Å². The summed E-state index contributed by atoms with van der Waals surface area (Å²) in [6, 6.07) is 27.3. The van der Waals surface area contributed by atoms with E-state index in [4.69, 9.17) is 5.84 Å². The smallest absolute Gasteiger partial charge is 0.238 e. The van der Waals surface area contributed by atoms with Crippen molar-refractivity contribution in [1.29, 1.82) is 0 Å². The lowest BCUT2D eigenvalue weighted by Gasteiger charge is -2.10. The molecule has 0 aliphatic carbocycles. The van der Waals surface area contributed by atoms with E-state index in [2.05, 4.69) is 83.6 Å². The van der Waals surface area contributed by atoms with E-state index in [1.807, 2.05) is 12.1 Å². The van der Waals surface area contributed by atoms with Gasteiger partial charge >= 0.3 is 0 Å². The predicted octanol–water partition coefficient (Wildman–Crippen LogP) is 4.39. The van der Waals surface area contributed by atoms with Gasteiger partial charge in [-0.1, -0.05) is 72.8 Å². The molecule has 0 saturated heterocycles. The van der Waals surface area contributed by atoms with Crippen LogP contribution in [-0.4, -0.2) is 10.5 Å². The highest BCUT2D eigenvalue weighted by Gasteiger charge is 2.17. The lowest BCUT2D eigenvalue weighted by atomic mass is 10.0. The zero-order valence-electron chi connectivity index (χ0n) is 16.6. The number of carbonyl (C=O) groups is 1. The summed E-state index contributed by atoms with van der Waals surface area (Å²) in [5.41, 5.74) is 9.22. The second-order valence-electron chi connectivity index (χ2n) is 7.29. The molecule has 0 spiro atoms. The molecule has 0 saturated carbocycles. The number of nitrogens with two attached hydrogens (primary N) is 1. The largest absolute Gasteiger partial charge is 0.344 e. The standard InChI is InChI=1S/C25H25N3O/c1-18-23(17-25(29)27-26)22-13-12-21(20-10-6-3-7-11-20)16-24(22)28(18)15-14-19-8-4-2-5-9-19/h2-13,16H,14-15,17,26H2,1H3,(H,27,29). The van der Waals surface area contributed by atoms with E-state index in [9.17, 15) is 4.79 Å². The fourth-order valence-electron chi connectivity index (χ4n) is 3.97. The van der Waals surface area contributed by atoms with Gasteiger partial charge in [0.1, 0.15) is 0 Å². The van der Waals surface area contributed by atoms with Gasteiger partial charge in [-0.25, -0.2) is 5.84 Å². The van der Waals surface area contributed by atoms with Gasteiger partial charge in [0.15, 0.2) is 0 Å². The Morgan fingerprint density at radius 1 is 0.931 bits per heavy atom. The van der Waals surface area contributed by atoms with Gasteiger partial charge < -0.3 is 4.57 Å². The van der Waals surface area contributed by atoms with Gasteiger partial charge in [-0.15, -0.1) is 0 Å². The first-order valence-electron chi connectivity index (χ1n) is 9.88. The molecule has 0 radical (unpaired) electrons. The molecule has 4 nitrogen and oxygen atoms in total. The molecule has 0 unspecified atom stereocenters. The maximum absolute atomic E-state index is 12.0. The number of aryl methyl sites for hydroxylation is 2. The minimum atomic E-state index is -0.178. The molecule has 1 amide bonds. The number of aromatic nitrogens is 1. The summed E-state index contributed by atoms with van der Waals surface area (Å²) in [6.45, 7) is 2.95. The number of nitrogens with one attached hydrogen (secondary N) is 1. The van der Waals surface area contributed by atoms with Gasteiger partial charge in [-0.05, 0) is 41.7 Å². The van der Waals surface area contributed by atoms with Crippen LogP contribution in [0.4, 0.5) is 0 Å². The van der Waals surface area contributed by atoms with Crippen molar-refractivity contribution >= 4 is 16.8 Å². The molecule has 1 aromatic heterocycles. The number of nitrogens with zero attached hydrogens (tertiary/aromatic N) is 1. The van der Waals surface area contributed by atoms with Gasteiger partial charge in [0.05, 0.1) is 6.42 Å². The van der Waals surface area contributed by atoms with E-state index in [-0.39, 0.29) is 12.3 Å². The molecule has 3 N–H and O–H groups in total. The van der Waals surface area contributed by atoms with Crippen LogP contribution in [0.15, 0.2) is 78.9 Å². The van der Waals surface area contributed by atoms with E-state index in [1.54, 1.807) is 0 Å². The van der Waals surface area contributed by atoms with E-state index < -0.39 is 0 Å². The van der Waals surface area contributed by atoms with Crippen LogP contribution in [0.3, 0.4) is 0 Å². The maximum atomic E-state index is 12.0. The summed E-state index contributed by atoms with van der Waals surface area (Å²) in [7, 11) is 0. The Morgan fingerprint density at radius 2 is 1.62 bits per heavy atom. The van der Waals surface area contributed by atoms with Gasteiger partial charge in [-0.2, -0.15) is 0 Å². The Bertz CT molecular complexity index is 1130. The Hall–Kier alpha value is -3.37. The lowest BCUT2D eigenvalue weighted by molar-refractivity contribution is -0.120. The van der Waals surface area contributed by atoms with E-state index in [0.717, 1.165) is 35.1 Å². The van der Waals surface area contributed by atoms with Crippen molar-refractivity contribution in [2.24, 2.45) is 5.84 Å². The average molecular weight is 383 g/mol. The van der Waals surface area contributed by atoms with Crippen molar-refractivity contribution in [3.63, 3.8) is 0 Å². The molecule has 0 aliphatic rings. The molecule has 4 heteroatoms. The average Bonchev–Trinajstić information content (AvgIpc) is 3.03. The van der Waals surface area contributed by atoms with E-state index >= 15 is 0 Å². The van der Waals surface area contributed by atoms with E-state index in [0.29, 0.717) is 0 Å². The molecule has 0 bridgehead atoms. The Balaban J connectivity index is 1.79. The zero-order valence-corrected chi connectivity index (χ0v) is 16.6. The molecule has 29 heavy (non-hydrogen) atoms. The Kier molecular flexibility index (Phi) is 5.45. The van der Waals surface area contributed by atoms with Crippen molar-refractivity contribution in [2.45, 2.75) is 26.3 Å². The monoisotopic (exact) mass is 383 g/mol. The van der Waals surface area contributed by atoms with Crippen LogP contribution in [-0.2, 0) is 24.2 Å². The molecular formula is C25H25N3O. The van der Waals surface area contributed by atoms with Gasteiger partial charge in [0, 0.05) is 23.1 Å². The number of amides is 1. The molecule has 0 atom stereocenters. The summed E-state index contributed by atoms with van der Waals surface area (Å²) >= 11 is 0. The third-order valence-electron chi connectivity index (χ3n) is 5.53. The molecule has 0 fully saturated rings. The van der Waals surface area contributed by atoms with Crippen LogP contribution in [0.25, 0.3) is 22.0 Å². The molecule has 1 heterocycles. The first-order valence-corrected chi connectivity index (χ1v) is 9.88. The Labute approximate surface area is 170 Å². The molecule has 4 aromatic rings. The highest BCUT2D eigenvalue weighted by Crippen LogP contribution is 2.31. The van der Waals surface area contributed by atoms with Gasteiger partial charge in [0.25, 0.3) is 0 Å². The maximum Gasteiger partial charge on any atom is 0.238 e. The van der Waals surface area contributed by atoms with Gasteiger partial charge in [0.2, 0.25) is 5.91 Å². The molecule has 146 valence electrons. The summed E-state index contributed by atoms with van der Waals surface area (Å²) in [6.07, 6.45) is 1.21. The minimum Gasteiger partial charge on any atom is -0.344 e. The minimum absolute atomic E-state index is 0.178. The van der Waals surface area contributed by atoms with Crippen molar-refractivity contribution in [1.82, 2.24) is 9.99 Å². The normalized spacial score (nSPS) is 11.0. The first kappa shape index (κ1) is 19.0. The third kappa shape index (κ3) is 3.93. The summed E-state index contributed by atoms with van der Waals surface area (Å²) in [5.74, 6) is 5.17. The fourth-order valence-corrected chi connectivity index (χ4v) is 3.97. The molecule has 3 aromatic carbocycles. The topological polar surface area (TPSA) is 60.1 Å². The number of hydrazine groups is 1. The summed E-state index contributed by atoms with van der Waals surface area (Å²) in [4.78, 5) is 12.0.